The molecular formula is C27H33N3O3. The second kappa shape index (κ2) is 8.90. The van der Waals surface area contributed by atoms with Gasteiger partial charge in [0.15, 0.2) is 17.3 Å². The minimum atomic E-state index is -0.0462. The summed E-state index contributed by atoms with van der Waals surface area (Å²) in [4.78, 5) is 18.5. The van der Waals surface area contributed by atoms with Gasteiger partial charge in [-0.25, -0.2) is 0 Å². The van der Waals surface area contributed by atoms with Crippen molar-refractivity contribution in [2.75, 3.05) is 49.6 Å². The van der Waals surface area contributed by atoms with Crippen LogP contribution in [-0.2, 0) is 11.2 Å². The van der Waals surface area contributed by atoms with Crippen molar-refractivity contribution in [2.45, 2.75) is 44.2 Å². The van der Waals surface area contributed by atoms with Crippen molar-refractivity contribution >= 4 is 17.2 Å². The lowest BCUT2D eigenvalue weighted by Crippen LogP contribution is -2.60. The maximum Gasteiger partial charge on any atom is 0.184 e. The van der Waals surface area contributed by atoms with E-state index < -0.39 is 0 Å². The van der Waals surface area contributed by atoms with Gasteiger partial charge in [-0.3, -0.25) is 9.69 Å². The zero-order chi connectivity index (χ0) is 22.2. The van der Waals surface area contributed by atoms with Gasteiger partial charge >= 0.3 is 0 Å². The van der Waals surface area contributed by atoms with Crippen LogP contribution in [0.15, 0.2) is 42.5 Å². The van der Waals surface area contributed by atoms with Crippen molar-refractivity contribution in [3.05, 3.63) is 48.0 Å². The number of benzene rings is 2. The van der Waals surface area contributed by atoms with E-state index in [4.69, 9.17) is 9.47 Å². The Morgan fingerprint density at radius 2 is 1.76 bits per heavy atom. The Balaban J connectivity index is 1.20. The second-order valence-electron chi connectivity index (χ2n) is 9.75. The molecule has 3 heterocycles. The normalized spacial score (nSPS) is 23.8. The predicted octanol–water partition coefficient (Wildman–Crippen LogP) is 3.74. The van der Waals surface area contributed by atoms with Crippen LogP contribution in [0.25, 0.3) is 0 Å². The van der Waals surface area contributed by atoms with Gasteiger partial charge in [0.2, 0.25) is 0 Å². The first-order chi connectivity index (χ1) is 16.3. The van der Waals surface area contributed by atoms with Gasteiger partial charge in [-0.2, -0.15) is 0 Å². The van der Waals surface area contributed by atoms with E-state index in [1.807, 2.05) is 12.1 Å². The fourth-order valence-electron chi connectivity index (χ4n) is 5.81. The topological polar surface area (TPSA) is 54.0 Å². The summed E-state index contributed by atoms with van der Waals surface area (Å²) in [6.45, 7) is 4.74. The number of hydrogen-bond donors (Lipinski definition) is 1. The highest BCUT2D eigenvalue weighted by Crippen LogP contribution is 2.40. The van der Waals surface area contributed by atoms with E-state index in [1.165, 1.54) is 17.7 Å². The molecule has 33 heavy (non-hydrogen) atoms. The number of carbonyl (C=O) groups excluding carboxylic acids is 1. The monoisotopic (exact) mass is 447 g/mol. The lowest BCUT2D eigenvalue weighted by atomic mass is 9.76. The van der Waals surface area contributed by atoms with E-state index in [9.17, 15) is 4.79 Å². The number of anilines is 2. The van der Waals surface area contributed by atoms with E-state index in [0.717, 1.165) is 69.0 Å². The third-order valence-electron chi connectivity index (χ3n) is 7.86. The molecule has 1 saturated heterocycles. The van der Waals surface area contributed by atoms with Gasteiger partial charge in [0, 0.05) is 43.8 Å². The Hall–Kier alpha value is -2.73. The second-order valence-corrected chi connectivity index (χ2v) is 9.75. The van der Waals surface area contributed by atoms with Crippen LogP contribution in [0.2, 0.25) is 0 Å². The minimum Gasteiger partial charge on any atom is -0.486 e. The fraction of sp³-hybridized carbons (Fsp3) is 0.519. The smallest absolute Gasteiger partial charge is 0.184 e. The molecule has 0 amide bonds. The fourth-order valence-corrected chi connectivity index (χ4v) is 5.81. The van der Waals surface area contributed by atoms with E-state index in [2.05, 4.69) is 45.4 Å². The number of ketones is 1. The molecule has 3 aliphatic heterocycles. The lowest BCUT2D eigenvalue weighted by molar-refractivity contribution is -0.131. The molecule has 174 valence electrons. The molecule has 0 radical (unpaired) electrons. The van der Waals surface area contributed by atoms with Crippen LogP contribution in [0.3, 0.4) is 0 Å². The molecule has 2 unspecified atom stereocenters. The molecule has 6 rings (SSSR count). The molecule has 0 bridgehead atoms. The number of nitrogens with one attached hydrogen (secondary N) is 1. The standard InChI is InChI=1S/C27H33N3O3/c31-26(20-6-3-7-20)25(22-12-11-19-5-1-2-8-21(19)28-22)30-15-13-29(14-16-30)23-9-4-10-24-27(23)33-18-17-32-24/h1-2,4-5,8-10,20,22,25,28H,3,6-7,11-18H2. The molecule has 6 nitrogen and oxygen atoms in total. The van der Waals surface area contributed by atoms with Crippen molar-refractivity contribution in [2.24, 2.45) is 5.92 Å². The van der Waals surface area contributed by atoms with Crippen LogP contribution in [0.4, 0.5) is 11.4 Å². The molecule has 6 heteroatoms. The molecule has 2 fully saturated rings. The maximum absolute atomic E-state index is 13.6. The highest BCUT2D eigenvalue weighted by Gasteiger charge is 2.41. The number of Topliss-reactive ketones (excluding diaryl/α,β-unsaturated/α-hetero) is 1. The zero-order valence-corrected chi connectivity index (χ0v) is 19.2. The van der Waals surface area contributed by atoms with Crippen LogP contribution in [0.1, 0.15) is 31.2 Å². The largest absolute Gasteiger partial charge is 0.486 e. The van der Waals surface area contributed by atoms with Gasteiger partial charge in [0.1, 0.15) is 13.2 Å². The molecule has 2 aromatic rings. The number of ether oxygens (including phenoxy) is 2. The number of nitrogens with zero attached hydrogens (tertiary/aromatic N) is 2. The molecule has 0 spiro atoms. The summed E-state index contributed by atoms with van der Waals surface area (Å²) < 4.78 is 11.7. The Bertz CT molecular complexity index is 1010. The van der Waals surface area contributed by atoms with Crippen molar-refractivity contribution < 1.29 is 14.3 Å². The number of fused-ring (bicyclic) bond motifs is 2. The van der Waals surface area contributed by atoms with Crippen molar-refractivity contribution in [3.8, 4) is 11.5 Å². The average molecular weight is 448 g/mol. The first-order valence-electron chi connectivity index (χ1n) is 12.5. The lowest BCUT2D eigenvalue weighted by Gasteiger charge is -2.45. The summed E-state index contributed by atoms with van der Waals surface area (Å²) in [5, 5.41) is 3.75. The van der Waals surface area contributed by atoms with E-state index >= 15 is 0 Å². The third kappa shape index (κ3) is 3.95. The summed E-state index contributed by atoms with van der Waals surface area (Å²) in [6, 6.07) is 14.8. The van der Waals surface area contributed by atoms with Crippen molar-refractivity contribution in [3.63, 3.8) is 0 Å². The molecule has 2 atom stereocenters. The highest BCUT2D eigenvalue weighted by molar-refractivity contribution is 5.88. The van der Waals surface area contributed by atoms with Gasteiger partial charge in [0.25, 0.3) is 0 Å². The van der Waals surface area contributed by atoms with Gasteiger partial charge in [-0.15, -0.1) is 0 Å². The Morgan fingerprint density at radius 3 is 2.58 bits per heavy atom. The summed E-state index contributed by atoms with van der Waals surface area (Å²) >= 11 is 0. The number of aryl methyl sites for hydroxylation is 1. The van der Waals surface area contributed by atoms with Crippen LogP contribution < -0.4 is 19.7 Å². The van der Waals surface area contributed by atoms with Crippen LogP contribution in [-0.4, -0.2) is 62.2 Å². The molecule has 0 aromatic heterocycles. The van der Waals surface area contributed by atoms with E-state index in [1.54, 1.807) is 0 Å². The number of carbonyl (C=O) groups is 1. The zero-order valence-electron chi connectivity index (χ0n) is 19.2. The first kappa shape index (κ1) is 20.8. The van der Waals surface area contributed by atoms with Crippen LogP contribution >= 0.6 is 0 Å². The van der Waals surface area contributed by atoms with Crippen molar-refractivity contribution in [1.29, 1.82) is 0 Å². The maximum atomic E-state index is 13.6. The number of piperazine rings is 1. The summed E-state index contributed by atoms with van der Waals surface area (Å²) in [7, 11) is 0. The Morgan fingerprint density at radius 1 is 0.939 bits per heavy atom. The molecular weight excluding hydrogens is 414 g/mol. The number of hydrogen-bond acceptors (Lipinski definition) is 6. The van der Waals surface area contributed by atoms with Crippen molar-refractivity contribution in [1.82, 2.24) is 4.90 Å². The molecule has 2 aromatic carbocycles. The first-order valence-corrected chi connectivity index (χ1v) is 12.5. The van der Waals surface area contributed by atoms with Crippen LogP contribution in [0.5, 0.6) is 11.5 Å². The van der Waals surface area contributed by atoms with Gasteiger partial charge in [-0.05, 0) is 49.4 Å². The summed E-state index contributed by atoms with van der Waals surface area (Å²) in [5.41, 5.74) is 3.68. The molecule has 1 aliphatic carbocycles. The number of rotatable bonds is 5. The van der Waals surface area contributed by atoms with E-state index in [0.29, 0.717) is 19.0 Å². The summed E-state index contributed by atoms with van der Waals surface area (Å²) in [6.07, 6.45) is 5.37. The van der Waals surface area contributed by atoms with Gasteiger partial charge < -0.3 is 19.7 Å². The molecule has 4 aliphatic rings. The Labute approximate surface area is 195 Å². The van der Waals surface area contributed by atoms with Crippen LogP contribution in [0, 0.1) is 5.92 Å². The van der Waals surface area contributed by atoms with E-state index in [-0.39, 0.29) is 18.0 Å². The average Bonchev–Trinajstić information content (AvgIpc) is 2.83. The SMILES string of the molecule is O=C(C1CCC1)C(C1CCc2ccccc2N1)N1CCN(c2cccc3c2OCCO3)CC1. The Kier molecular flexibility index (Phi) is 5.62. The summed E-state index contributed by atoms with van der Waals surface area (Å²) in [5.74, 6) is 2.41. The molecule has 1 saturated carbocycles. The number of para-hydroxylation sites is 2. The molecule has 1 N–H and O–H groups in total. The highest BCUT2D eigenvalue weighted by atomic mass is 16.6. The predicted molar refractivity (Wildman–Crippen MR) is 130 cm³/mol. The van der Waals surface area contributed by atoms with Gasteiger partial charge in [-0.1, -0.05) is 30.7 Å². The quantitative estimate of drug-likeness (QED) is 0.754. The van der Waals surface area contributed by atoms with Gasteiger partial charge in [0.05, 0.1) is 11.7 Å². The minimum absolute atomic E-state index is 0.0462. The third-order valence-corrected chi connectivity index (χ3v) is 7.86.